The van der Waals surface area contributed by atoms with E-state index in [1.807, 2.05) is 25.1 Å². The standard InChI is InChI=1S/C14H23NO2/c1-5-16-14-9-12(6-7-13(14)15)17-11(4)8-10(2)3/h6-7,9-11H,5,8,15H2,1-4H3. The second-order valence-corrected chi connectivity index (χ2v) is 4.69. The molecule has 3 nitrogen and oxygen atoms in total. The molecule has 1 unspecified atom stereocenters. The monoisotopic (exact) mass is 237 g/mol. The van der Waals surface area contributed by atoms with Crippen molar-refractivity contribution in [2.45, 2.75) is 40.2 Å². The van der Waals surface area contributed by atoms with Crippen molar-refractivity contribution in [3.05, 3.63) is 18.2 Å². The Bertz CT molecular complexity index is 350. The number of nitrogens with two attached hydrogens (primary N) is 1. The lowest BCUT2D eigenvalue weighted by Crippen LogP contribution is -2.14. The van der Waals surface area contributed by atoms with E-state index in [-0.39, 0.29) is 6.10 Å². The third-order valence-electron chi connectivity index (χ3n) is 2.43. The highest BCUT2D eigenvalue weighted by molar-refractivity contribution is 5.55. The fourth-order valence-corrected chi connectivity index (χ4v) is 1.81. The normalized spacial score (nSPS) is 12.5. The second kappa shape index (κ2) is 6.38. The molecule has 0 spiro atoms. The van der Waals surface area contributed by atoms with Gasteiger partial charge in [-0.2, -0.15) is 0 Å². The number of nitrogen functional groups attached to an aromatic ring is 1. The van der Waals surface area contributed by atoms with E-state index in [1.54, 1.807) is 0 Å². The molecule has 0 heterocycles. The topological polar surface area (TPSA) is 44.5 Å². The van der Waals surface area contributed by atoms with Gasteiger partial charge in [0.2, 0.25) is 0 Å². The molecule has 0 fully saturated rings. The number of hydrogen-bond acceptors (Lipinski definition) is 3. The van der Waals surface area contributed by atoms with Gasteiger partial charge in [-0.25, -0.2) is 0 Å². The molecule has 1 atom stereocenters. The predicted molar refractivity (Wildman–Crippen MR) is 71.6 cm³/mol. The maximum Gasteiger partial charge on any atom is 0.145 e. The first-order valence-corrected chi connectivity index (χ1v) is 6.21. The second-order valence-electron chi connectivity index (χ2n) is 4.69. The maximum atomic E-state index is 5.83. The zero-order valence-electron chi connectivity index (χ0n) is 11.2. The molecule has 0 aliphatic carbocycles. The van der Waals surface area contributed by atoms with Crippen LogP contribution < -0.4 is 15.2 Å². The van der Waals surface area contributed by atoms with Crippen molar-refractivity contribution in [2.24, 2.45) is 5.92 Å². The molecule has 0 bridgehead atoms. The lowest BCUT2D eigenvalue weighted by Gasteiger charge is -2.17. The molecule has 0 radical (unpaired) electrons. The first kappa shape index (κ1) is 13.7. The Morgan fingerprint density at radius 3 is 2.53 bits per heavy atom. The average Bonchev–Trinajstić information content (AvgIpc) is 2.22. The van der Waals surface area contributed by atoms with Crippen molar-refractivity contribution in [1.82, 2.24) is 0 Å². The molecule has 0 amide bonds. The Morgan fingerprint density at radius 1 is 1.24 bits per heavy atom. The average molecular weight is 237 g/mol. The van der Waals surface area contributed by atoms with Gasteiger partial charge in [0, 0.05) is 6.07 Å². The van der Waals surface area contributed by atoms with Crippen LogP contribution in [0.15, 0.2) is 18.2 Å². The summed E-state index contributed by atoms with van der Waals surface area (Å²) < 4.78 is 11.3. The smallest absolute Gasteiger partial charge is 0.145 e. The highest BCUT2D eigenvalue weighted by Crippen LogP contribution is 2.28. The van der Waals surface area contributed by atoms with Crippen LogP contribution in [-0.2, 0) is 0 Å². The van der Waals surface area contributed by atoms with E-state index in [4.69, 9.17) is 15.2 Å². The fraction of sp³-hybridized carbons (Fsp3) is 0.571. The molecule has 1 aromatic rings. The first-order chi connectivity index (χ1) is 8.02. The quantitative estimate of drug-likeness (QED) is 0.770. The largest absolute Gasteiger partial charge is 0.492 e. The highest BCUT2D eigenvalue weighted by Gasteiger charge is 2.08. The molecule has 96 valence electrons. The van der Waals surface area contributed by atoms with Crippen LogP contribution in [0, 0.1) is 5.92 Å². The number of hydrogen-bond donors (Lipinski definition) is 1. The molecule has 17 heavy (non-hydrogen) atoms. The van der Waals surface area contributed by atoms with Gasteiger partial charge < -0.3 is 15.2 Å². The predicted octanol–water partition coefficient (Wildman–Crippen LogP) is 3.48. The van der Waals surface area contributed by atoms with Crippen LogP contribution in [0.4, 0.5) is 5.69 Å². The minimum atomic E-state index is 0.202. The molecule has 0 saturated heterocycles. The molecular formula is C14H23NO2. The SMILES string of the molecule is CCOc1cc(OC(C)CC(C)C)ccc1N. The third kappa shape index (κ3) is 4.55. The van der Waals surface area contributed by atoms with E-state index in [0.717, 1.165) is 12.2 Å². The summed E-state index contributed by atoms with van der Waals surface area (Å²) >= 11 is 0. The molecule has 0 aromatic heterocycles. The summed E-state index contributed by atoms with van der Waals surface area (Å²) in [6, 6.07) is 5.56. The molecular weight excluding hydrogens is 214 g/mol. The Hall–Kier alpha value is -1.38. The van der Waals surface area contributed by atoms with Crippen LogP contribution in [0.2, 0.25) is 0 Å². The Morgan fingerprint density at radius 2 is 1.94 bits per heavy atom. The number of benzene rings is 1. The zero-order valence-corrected chi connectivity index (χ0v) is 11.2. The summed E-state index contributed by atoms with van der Waals surface area (Å²) in [5, 5.41) is 0. The molecule has 0 saturated carbocycles. The zero-order chi connectivity index (χ0) is 12.8. The summed E-state index contributed by atoms with van der Waals surface area (Å²) in [7, 11) is 0. The third-order valence-corrected chi connectivity index (χ3v) is 2.43. The van der Waals surface area contributed by atoms with Crippen LogP contribution in [0.5, 0.6) is 11.5 Å². The Labute approximate surface area is 104 Å². The number of rotatable bonds is 6. The van der Waals surface area contributed by atoms with Gasteiger partial charge in [-0.05, 0) is 38.3 Å². The van der Waals surface area contributed by atoms with Crippen molar-refractivity contribution in [3.63, 3.8) is 0 Å². The Kier molecular flexibility index (Phi) is 5.13. The van der Waals surface area contributed by atoms with Crippen molar-refractivity contribution in [1.29, 1.82) is 0 Å². The van der Waals surface area contributed by atoms with E-state index >= 15 is 0 Å². The highest BCUT2D eigenvalue weighted by atomic mass is 16.5. The van der Waals surface area contributed by atoms with Crippen LogP contribution in [0.3, 0.4) is 0 Å². The molecule has 1 rings (SSSR count). The van der Waals surface area contributed by atoms with Crippen LogP contribution in [0.25, 0.3) is 0 Å². The van der Waals surface area contributed by atoms with Crippen molar-refractivity contribution in [2.75, 3.05) is 12.3 Å². The molecule has 0 aliphatic rings. The summed E-state index contributed by atoms with van der Waals surface area (Å²) in [6.45, 7) is 9.00. The van der Waals surface area contributed by atoms with Crippen molar-refractivity contribution >= 4 is 5.69 Å². The van der Waals surface area contributed by atoms with E-state index in [0.29, 0.717) is 24.0 Å². The van der Waals surface area contributed by atoms with Crippen LogP contribution >= 0.6 is 0 Å². The molecule has 0 aliphatic heterocycles. The van der Waals surface area contributed by atoms with Crippen molar-refractivity contribution in [3.8, 4) is 11.5 Å². The van der Waals surface area contributed by atoms with Gasteiger partial charge in [0.05, 0.1) is 18.4 Å². The molecule has 2 N–H and O–H groups in total. The van der Waals surface area contributed by atoms with E-state index in [2.05, 4.69) is 20.8 Å². The van der Waals surface area contributed by atoms with Gasteiger partial charge in [-0.15, -0.1) is 0 Å². The number of ether oxygens (including phenoxy) is 2. The summed E-state index contributed by atoms with van der Waals surface area (Å²) in [5.41, 5.74) is 6.46. The van der Waals surface area contributed by atoms with Gasteiger partial charge in [0.25, 0.3) is 0 Å². The maximum absolute atomic E-state index is 5.83. The van der Waals surface area contributed by atoms with E-state index in [9.17, 15) is 0 Å². The van der Waals surface area contributed by atoms with Gasteiger partial charge >= 0.3 is 0 Å². The van der Waals surface area contributed by atoms with E-state index < -0.39 is 0 Å². The van der Waals surface area contributed by atoms with Crippen LogP contribution in [-0.4, -0.2) is 12.7 Å². The first-order valence-electron chi connectivity index (χ1n) is 6.21. The lowest BCUT2D eigenvalue weighted by atomic mass is 10.1. The number of anilines is 1. The van der Waals surface area contributed by atoms with Crippen molar-refractivity contribution < 1.29 is 9.47 Å². The van der Waals surface area contributed by atoms with Gasteiger partial charge in [0.15, 0.2) is 0 Å². The Balaban J connectivity index is 2.68. The lowest BCUT2D eigenvalue weighted by molar-refractivity contribution is 0.192. The summed E-state index contributed by atoms with van der Waals surface area (Å²) in [5.74, 6) is 2.14. The van der Waals surface area contributed by atoms with Gasteiger partial charge in [-0.3, -0.25) is 0 Å². The molecule has 3 heteroatoms. The van der Waals surface area contributed by atoms with E-state index in [1.165, 1.54) is 0 Å². The van der Waals surface area contributed by atoms with Gasteiger partial charge in [-0.1, -0.05) is 13.8 Å². The summed E-state index contributed by atoms with van der Waals surface area (Å²) in [6.07, 6.45) is 1.24. The summed E-state index contributed by atoms with van der Waals surface area (Å²) in [4.78, 5) is 0. The molecule has 1 aromatic carbocycles. The van der Waals surface area contributed by atoms with Crippen LogP contribution in [0.1, 0.15) is 34.1 Å². The minimum Gasteiger partial charge on any atom is -0.492 e. The fourth-order valence-electron chi connectivity index (χ4n) is 1.81. The minimum absolute atomic E-state index is 0.202. The van der Waals surface area contributed by atoms with Gasteiger partial charge in [0.1, 0.15) is 11.5 Å².